The molecule has 0 aromatic heterocycles. The topological polar surface area (TPSA) is 59.0 Å². The van der Waals surface area contributed by atoms with Crippen molar-refractivity contribution in [3.8, 4) is 11.8 Å². The summed E-state index contributed by atoms with van der Waals surface area (Å²) in [5.74, 6) is 0.732. The fraction of sp³-hybridized carbons (Fsp3) is 0.286. The molecule has 0 radical (unpaired) electrons. The summed E-state index contributed by atoms with van der Waals surface area (Å²) >= 11 is 4.82. The highest BCUT2D eigenvalue weighted by atomic mass is 32.1. The molecule has 0 aliphatic rings. The molecule has 0 heterocycles. The first-order valence-electron chi connectivity index (χ1n) is 5.75. The Morgan fingerprint density at radius 1 is 1.56 bits per heavy atom. The first-order chi connectivity index (χ1) is 8.58. The molecule has 18 heavy (non-hydrogen) atoms. The lowest BCUT2D eigenvalue weighted by Gasteiger charge is -2.14. The third kappa shape index (κ3) is 3.86. The van der Waals surface area contributed by atoms with Crippen LogP contribution in [-0.4, -0.2) is 11.1 Å². The smallest absolute Gasteiger partial charge is 0.126 e. The average molecular weight is 260 g/mol. The Morgan fingerprint density at radius 2 is 2.22 bits per heavy atom. The monoisotopic (exact) mass is 260 g/mol. The molecule has 0 aliphatic carbocycles. The van der Waals surface area contributed by atoms with Crippen LogP contribution < -0.4 is 10.5 Å². The number of benzene rings is 1. The van der Waals surface area contributed by atoms with Gasteiger partial charge in [-0.15, -0.1) is 0 Å². The molecule has 1 aromatic carbocycles. The van der Waals surface area contributed by atoms with Crippen LogP contribution >= 0.6 is 12.2 Å². The number of thiocarbonyl (C=S) groups is 1. The van der Waals surface area contributed by atoms with Crippen LogP contribution in [0.3, 0.4) is 0 Å². The van der Waals surface area contributed by atoms with Crippen molar-refractivity contribution >= 4 is 23.3 Å². The zero-order chi connectivity index (χ0) is 13.5. The van der Waals surface area contributed by atoms with Crippen molar-refractivity contribution in [2.75, 3.05) is 0 Å². The van der Waals surface area contributed by atoms with E-state index in [1.54, 1.807) is 6.08 Å². The summed E-state index contributed by atoms with van der Waals surface area (Å²) in [4.78, 5) is 0.0934. The third-order valence-electron chi connectivity index (χ3n) is 2.51. The number of nitrogens with two attached hydrogens (primary N) is 1. The van der Waals surface area contributed by atoms with Crippen molar-refractivity contribution in [2.45, 2.75) is 26.4 Å². The van der Waals surface area contributed by atoms with Crippen LogP contribution in [0.25, 0.3) is 6.08 Å². The molecule has 0 unspecified atom stereocenters. The normalized spacial score (nSPS) is 12.6. The van der Waals surface area contributed by atoms with Gasteiger partial charge in [-0.05, 0) is 25.5 Å². The van der Waals surface area contributed by atoms with Crippen molar-refractivity contribution < 1.29 is 4.74 Å². The highest BCUT2D eigenvalue weighted by Gasteiger charge is 2.07. The maximum Gasteiger partial charge on any atom is 0.126 e. The van der Waals surface area contributed by atoms with E-state index in [1.807, 2.05) is 37.3 Å². The van der Waals surface area contributed by atoms with Crippen molar-refractivity contribution in [2.24, 2.45) is 5.73 Å². The van der Waals surface area contributed by atoms with Crippen LogP contribution in [0, 0.1) is 11.3 Å². The molecular weight excluding hydrogens is 244 g/mol. The summed E-state index contributed by atoms with van der Waals surface area (Å²) < 4.78 is 5.78. The van der Waals surface area contributed by atoms with E-state index < -0.39 is 0 Å². The van der Waals surface area contributed by atoms with Crippen molar-refractivity contribution in [1.29, 1.82) is 5.26 Å². The zero-order valence-corrected chi connectivity index (χ0v) is 11.3. The zero-order valence-electron chi connectivity index (χ0n) is 10.5. The molecule has 3 nitrogen and oxygen atoms in total. The molecule has 0 fully saturated rings. The summed E-state index contributed by atoms with van der Waals surface area (Å²) in [6.45, 7) is 4.05. The molecule has 94 valence electrons. The molecule has 0 spiro atoms. The average Bonchev–Trinajstić information content (AvgIpc) is 2.37. The van der Waals surface area contributed by atoms with Gasteiger partial charge in [0.15, 0.2) is 0 Å². The Bertz CT molecular complexity index is 503. The second kappa shape index (κ2) is 6.77. The number of para-hydroxylation sites is 1. The van der Waals surface area contributed by atoms with E-state index in [2.05, 4.69) is 6.92 Å². The number of ether oxygens (including phenoxy) is 1. The summed E-state index contributed by atoms with van der Waals surface area (Å²) in [6, 6.07) is 9.49. The maximum absolute atomic E-state index is 8.95. The van der Waals surface area contributed by atoms with E-state index in [4.69, 9.17) is 28.0 Å². The van der Waals surface area contributed by atoms with Gasteiger partial charge in [-0.25, -0.2) is 0 Å². The molecule has 2 N–H and O–H groups in total. The van der Waals surface area contributed by atoms with Gasteiger partial charge in [0.05, 0.1) is 11.7 Å². The number of hydrogen-bond donors (Lipinski definition) is 1. The van der Waals surface area contributed by atoms with Crippen molar-refractivity contribution in [3.05, 3.63) is 35.4 Å². The van der Waals surface area contributed by atoms with Crippen molar-refractivity contribution in [1.82, 2.24) is 0 Å². The van der Waals surface area contributed by atoms with Gasteiger partial charge in [-0.3, -0.25) is 0 Å². The molecule has 4 heteroatoms. The predicted molar refractivity (Wildman–Crippen MR) is 77.2 cm³/mol. The Labute approximate surface area is 113 Å². The fourth-order valence-electron chi connectivity index (χ4n) is 1.32. The Kier molecular flexibility index (Phi) is 5.34. The van der Waals surface area contributed by atoms with E-state index in [0.29, 0.717) is 0 Å². The van der Waals surface area contributed by atoms with Gasteiger partial charge in [-0.2, -0.15) is 5.26 Å². The van der Waals surface area contributed by atoms with Crippen LogP contribution in [0.15, 0.2) is 29.8 Å². The molecule has 0 bridgehead atoms. The van der Waals surface area contributed by atoms with Crippen LogP contribution in [-0.2, 0) is 0 Å². The van der Waals surface area contributed by atoms with Gasteiger partial charge in [0, 0.05) is 5.56 Å². The Hall–Kier alpha value is -1.86. The Morgan fingerprint density at radius 3 is 2.78 bits per heavy atom. The van der Waals surface area contributed by atoms with Crippen LogP contribution in [0.4, 0.5) is 0 Å². The first kappa shape index (κ1) is 14.2. The lowest BCUT2D eigenvalue weighted by atomic mass is 10.1. The van der Waals surface area contributed by atoms with Gasteiger partial charge in [0.1, 0.15) is 16.8 Å². The third-order valence-corrected chi connectivity index (χ3v) is 2.73. The number of rotatable bonds is 5. The Balaban J connectivity index is 3.10. The second-order valence-corrected chi connectivity index (χ2v) is 4.35. The molecule has 1 atom stereocenters. The van der Waals surface area contributed by atoms with Gasteiger partial charge >= 0.3 is 0 Å². The van der Waals surface area contributed by atoms with E-state index in [0.717, 1.165) is 17.7 Å². The second-order valence-electron chi connectivity index (χ2n) is 3.91. The van der Waals surface area contributed by atoms with E-state index in [9.17, 15) is 0 Å². The maximum atomic E-state index is 8.95. The minimum Gasteiger partial charge on any atom is -0.490 e. The molecule has 0 amide bonds. The summed E-state index contributed by atoms with van der Waals surface area (Å²) in [5.41, 5.74) is 6.56. The standard InChI is InChI=1S/C14H16N2OS/c1-3-10(2)17-13-7-5-4-6-11(13)8-12(9-15)14(16)18/h4-8,10H,3H2,1-2H3,(H2,16,18)/b12-8+/t10-/m1/s1. The highest BCUT2D eigenvalue weighted by molar-refractivity contribution is 7.80. The molecule has 1 aromatic rings. The lowest BCUT2D eigenvalue weighted by Crippen LogP contribution is -2.11. The molecule has 0 saturated carbocycles. The van der Waals surface area contributed by atoms with Crippen LogP contribution in [0.2, 0.25) is 0 Å². The van der Waals surface area contributed by atoms with Crippen LogP contribution in [0.5, 0.6) is 5.75 Å². The number of nitrogens with zero attached hydrogens (tertiary/aromatic N) is 1. The minimum atomic E-state index is 0.0934. The van der Waals surface area contributed by atoms with E-state index in [-0.39, 0.29) is 16.7 Å². The fourth-order valence-corrected chi connectivity index (χ4v) is 1.43. The summed E-state index contributed by atoms with van der Waals surface area (Å²) in [5, 5.41) is 8.95. The summed E-state index contributed by atoms with van der Waals surface area (Å²) in [7, 11) is 0. The van der Waals surface area contributed by atoms with Gasteiger partial charge in [-0.1, -0.05) is 37.3 Å². The lowest BCUT2D eigenvalue weighted by molar-refractivity contribution is 0.217. The minimum absolute atomic E-state index is 0.0934. The van der Waals surface area contributed by atoms with Crippen molar-refractivity contribution in [3.63, 3.8) is 0 Å². The van der Waals surface area contributed by atoms with Gasteiger partial charge in [0.2, 0.25) is 0 Å². The first-order valence-corrected chi connectivity index (χ1v) is 6.16. The van der Waals surface area contributed by atoms with Gasteiger partial charge < -0.3 is 10.5 Å². The molecule has 0 saturated heterocycles. The number of nitriles is 1. The van der Waals surface area contributed by atoms with E-state index >= 15 is 0 Å². The molecular formula is C14H16N2OS. The van der Waals surface area contributed by atoms with Gasteiger partial charge in [0.25, 0.3) is 0 Å². The largest absolute Gasteiger partial charge is 0.490 e. The van der Waals surface area contributed by atoms with Crippen LogP contribution in [0.1, 0.15) is 25.8 Å². The molecule has 1 rings (SSSR count). The highest BCUT2D eigenvalue weighted by Crippen LogP contribution is 2.22. The SMILES string of the molecule is CC[C@@H](C)Oc1ccccc1/C=C(\C#N)C(N)=S. The van der Waals surface area contributed by atoms with E-state index in [1.165, 1.54) is 0 Å². The molecule has 0 aliphatic heterocycles. The summed E-state index contributed by atoms with van der Waals surface area (Å²) in [6.07, 6.45) is 2.69. The quantitative estimate of drug-likeness (QED) is 0.502. The number of hydrogen-bond acceptors (Lipinski definition) is 3. The predicted octanol–water partition coefficient (Wildman–Crippen LogP) is 3.06.